The monoisotopic (exact) mass is 528 g/mol. The van der Waals surface area contributed by atoms with Gasteiger partial charge >= 0.3 is 12.1 Å². The van der Waals surface area contributed by atoms with Crippen molar-refractivity contribution in [3.05, 3.63) is 76.4 Å². The maximum absolute atomic E-state index is 13.4. The van der Waals surface area contributed by atoms with E-state index in [9.17, 15) is 28.0 Å². The third-order valence-corrected chi connectivity index (χ3v) is 5.81. The molecule has 0 unspecified atom stereocenters. The van der Waals surface area contributed by atoms with Crippen molar-refractivity contribution in [1.29, 1.82) is 5.26 Å². The smallest absolute Gasteiger partial charge is 0.433 e. The van der Waals surface area contributed by atoms with Gasteiger partial charge in [0.15, 0.2) is 11.5 Å². The SMILES string of the molecule is CN(C(=O)c1ccc(Cl)c(-c2cnc(C(F)(F)F)cc2C#N)c1)c1cccc2nc(CCC(=O)O)oc12. The van der Waals surface area contributed by atoms with E-state index >= 15 is 0 Å². The van der Waals surface area contributed by atoms with E-state index in [4.69, 9.17) is 21.1 Å². The molecule has 1 N–H and O–H groups in total. The van der Waals surface area contributed by atoms with Gasteiger partial charge in [0.05, 0.1) is 23.7 Å². The van der Waals surface area contributed by atoms with E-state index in [0.717, 1.165) is 6.20 Å². The van der Waals surface area contributed by atoms with Crippen LogP contribution >= 0.6 is 11.6 Å². The highest BCUT2D eigenvalue weighted by Gasteiger charge is 2.33. The lowest BCUT2D eigenvalue weighted by molar-refractivity contribution is -0.141. The van der Waals surface area contributed by atoms with Gasteiger partial charge in [0, 0.05) is 41.4 Å². The first-order chi connectivity index (χ1) is 17.5. The van der Waals surface area contributed by atoms with Crippen LogP contribution in [0.4, 0.5) is 18.9 Å². The summed E-state index contributed by atoms with van der Waals surface area (Å²) in [5.41, 5.74) is -0.113. The van der Waals surface area contributed by atoms with Crippen LogP contribution in [0.15, 0.2) is 53.1 Å². The molecular formula is C25H16ClF3N4O4. The maximum Gasteiger partial charge on any atom is 0.433 e. The summed E-state index contributed by atoms with van der Waals surface area (Å²) >= 11 is 6.27. The number of hydrogen-bond donors (Lipinski definition) is 1. The Hall–Kier alpha value is -4.43. The Balaban J connectivity index is 1.70. The number of carbonyl (C=O) groups is 2. The minimum absolute atomic E-state index is 0.0400. The van der Waals surface area contributed by atoms with Gasteiger partial charge in [0.2, 0.25) is 0 Å². The Bertz CT molecular complexity index is 1580. The summed E-state index contributed by atoms with van der Waals surface area (Å²) in [7, 11) is 1.49. The normalized spacial score (nSPS) is 11.4. The van der Waals surface area contributed by atoms with Crippen molar-refractivity contribution < 1.29 is 32.3 Å². The highest BCUT2D eigenvalue weighted by atomic mass is 35.5. The molecule has 0 aliphatic rings. The summed E-state index contributed by atoms with van der Waals surface area (Å²) in [4.78, 5) is 33.2. The van der Waals surface area contributed by atoms with Crippen LogP contribution in [0.25, 0.3) is 22.2 Å². The van der Waals surface area contributed by atoms with Gasteiger partial charge in [-0.1, -0.05) is 17.7 Å². The zero-order chi connectivity index (χ0) is 26.9. The molecule has 2 aromatic heterocycles. The number of aromatic nitrogens is 2. The second-order valence-corrected chi connectivity index (χ2v) is 8.32. The molecule has 4 rings (SSSR count). The number of oxazole rings is 1. The molecule has 4 aromatic rings. The predicted molar refractivity (Wildman–Crippen MR) is 127 cm³/mol. The van der Waals surface area contributed by atoms with E-state index in [0.29, 0.717) is 17.3 Å². The van der Waals surface area contributed by atoms with Gasteiger partial charge in [0.1, 0.15) is 11.2 Å². The van der Waals surface area contributed by atoms with E-state index in [-0.39, 0.29) is 51.6 Å². The number of carboxylic acid groups (broad SMARTS) is 1. The average molecular weight is 529 g/mol. The van der Waals surface area contributed by atoms with E-state index in [1.165, 1.54) is 30.1 Å². The fourth-order valence-corrected chi connectivity index (χ4v) is 3.87. The fraction of sp³-hybridized carbons (Fsp3) is 0.160. The molecule has 2 heterocycles. The molecule has 0 aliphatic carbocycles. The molecular weight excluding hydrogens is 513 g/mol. The largest absolute Gasteiger partial charge is 0.481 e. The van der Waals surface area contributed by atoms with Gasteiger partial charge < -0.3 is 14.4 Å². The van der Waals surface area contributed by atoms with Crippen LogP contribution in [-0.4, -0.2) is 34.0 Å². The Morgan fingerprint density at radius 1 is 1.19 bits per heavy atom. The average Bonchev–Trinajstić information content (AvgIpc) is 3.29. The summed E-state index contributed by atoms with van der Waals surface area (Å²) in [5.74, 6) is -1.30. The van der Waals surface area contributed by atoms with Crippen LogP contribution in [0.1, 0.15) is 33.9 Å². The van der Waals surface area contributed by atoms with Gasteiger partial charge in [0.25, 0.3) is 5.91 Å². The Kier molecular flexibility index (Phi) is 6.87. The third-order valence-electron chi connectivity index (χ3n) is 5.48. The molecule has 2 aromatic carbocycles. The zero-order valence-electron chi connectivity index (χ0n) is 19.0. The number of carboxylic acids is 1. The minimum atomic E-state index is -4.73. The number of amides is 1. The molecule has 0 atom stereocenters. The van der Waals surface area contributed by atoms with Crippen LogP contribution in [0.2, 0.25) is 5.02 Å². The number of anilines is 1. The van der Waals surface area contributed by atoms with Crippen LogP contribution in [0, 0.1) is 11.3 Å². The molecule has 0 saturated carbocycles. The number of alkyl halides is 3. The molecule has 0 radical (unpaired) electrons. The summed E-state index contributed by atoms with van der Waals surface area (Å²) in [6.07, 6.45) is -3.93. The highest BCUT2D eigenvalue weighted by Crippen LogP contribution is 2.35. The molecule has 0 saturated heterocycles. The molecule has 0 bridgehead atoms. The predicted octanol–water partition coefficient (Wildman–Crippen LogP) is 5.73. The molecule has 1 amide bonds. The molecule has 0 spiro atoms. The van der Waals surface area contributed by atoms with Crippen LogP contribution in [0.3, 0.4) is 0 Å². The quantitative estimate of drug-likeness (QED) is 0.339. The summed E-state index contributed by atoms with van der Waals surface area (Å²) < 4.78 is 44.8. The number of nitriles is 1. The molecule has 12 heteroatoms. The van der Waals surface area contributed by atoms with Gasteiger partial charge in [-0.3, -0.25) is 14.6 Å². The van der Waals surface area contributed by atoms with Crippen molar-refractivity contribution in [2.45, 2.75) is 19.0 Å². The number of rotatable bonds is 6. The minimum Gasteiger partial charge on any atom is -0.481 e. The zero-order valence-corrected chi connectivity index (χ0v) is 19.8. The first kappa shape index (κ1) is 25.7. The van der Waals surface area contributed by atoms with Crippen molar-refractivity contribution in [3.63, 3.8) is 0 Å². The number of nitrogens with zero attached hydrogens (tertiary/aromatic N) is 4. The molecule has 37 heavy (non-hydrogen) atoms. The number of aliphatic carboxylic acids is 1. The van der Waals surface area contributed by atoms with Crippen molar-refractivity contribution in [2.75, 3.05) is 11.9 Å². The van der Waals surface area contributed by atoms with Gasteiger partial charge in [-0.25, -0.2) is 4.98 Å². The van der Waals surface area contributed by atoms with E-state index < -0.39 is 23.7 Å². The standard InChI is InChI=1S/C25H16ClF3N4O4/c1-33(19-4-2-3-18-23(19)37-21(32-18)7-8-22(34)35)24(36)13-5-6-17(26)15(9-13)16-12-31-20(25(27,28)29)10-14(16)11-30/h2-6,9-10,12H,7-8H2,1H3,(H,34,35). The van der Waals surface area contributed by atoms with Crippen molar-refractivity contribution in [3.8, 4) is 17.2 Å². The van der Waals surface area contributed by atoms with E-state index in [2.05, 4.69) is 9.97 Å². The Labute approximate surface area is 212 Å². The number of benzene rings is 2. The first-order valence-electron chi connectivity index (χ1n) is 10.6. The lowest BCUT2D eigenvalue weighted by atomic mass is 9.99. The van der Waals surface area contributed by atoms with Gasteiger partial charge in [-0.15, -0.1) is 0 Å². The van der Waals surface area contributed by atoms with E-state index in [1.54, 1.807) is 24.3 Å². The highest BCUT2D eigenvalue weighted by molar-refractivity contribution is 6.33. The second kappa shape index (κ2) is 9.91. The number of aryl methyl sites for hydroxylation is 1. The lowest BCUT2D eigenvalue weighted by Crippen LogP contribution is -2.26. The molecule has 8 nitrogen and oxygen atoms in total. The number of hydrogen-bond acceptors (Lipinski definition) is 6. The number of para-hydroxylation sites is 1. The molecule has 0 aliphatic heterocycles. The van der Waals surface area contributed by atoms with Crippen molar-refractivity contribution in [1.82, 2.24) is 9.97 Å². The van der Waals surface area contributed by atoms with Gasteiger partial charge in [-0.2, -0.15) is 18.4 Å². The van der Waals surface area contributed by atoms with Crippen LogP contribution < -0.4 is 4.90 Å². The number of halogens is 4. The number of carbonyl (C=O) groups excluding carboxylic acids is 1. The van der Waals surface area contributed by atoms with Crippen LogP contribution in [0.5, 0.6) is 0 Å². The maximum atomic E-state index is 13.4. The van der Waals surface area contributed by atoms with Crippen molar-refractivity contribution in [2.24, 2.45) is 0 Å². The van der Waals surface area contributed by atoms with Gasteiger partial charge in [-0.05, 0) is 36.4 Å². The van der Waals surface area contributed by atoms with E-state index in [1.807, 2.05) is 0 Å². The van der Waals surface area contributed by atoms with Crippen molar-refractivity contribution >= 4 is 40.3 Å². The fourth-order valence-electron chi connectivity index (χ4n) is 3.65. The number of fused-ring (bicyclic) bond motifs is 1. The third kappa shape index (κ3) is 5.24. The Morgan fingerprint density at radius 2 is 1.95 bits per heavy atom. The molecule has 0 fully saturated rings. The summed E-state index contributed by atoms with van der Waals surface area (Å²) in [6, 6.07) is 11.5. The number of pyridine rings is 1. The first-order valence-corrected chi connectivity index (χ1v) is 11.0. The topological polar surface area (TPSA) is 120 Å². The lowest BCUT2D eigenvalue weighted by Gasteiger charge is -2.18. The summed E-state index contributed by atoms with van der Waals surface area (Å²) in [6.45, 7) is 0. The Morgan fingerprint density at radius 3 is 2.62 bits per heavy atom. The molecule has 188 valence electrons. The second-order valence-electron chi connectivity index (χ2n) is 7.91. The summed E-state index contributed by atoms with van der Waals surface area (Å²) in [5, 5.41) is 18.4. The van der Waals surface area contributed by atoms with Crippen LogP contribution in [-0.2, 0) is 17.4 Å².